The SMILES string of the molecule is Cc1ccncc1C(N)Cc1ccc(Cl)s1. The Bertz CT molecular complexity index is 481. The molecule has 2 heterocycles. The summed E-state index contributed by atoms with van der Waals surface area (Å²) in [6, 6.07) is 5.91. The van der Waals surface area contributed by atoms with E-state index in [1.807, 2.05) is 24.4 Å². The number of thiophene rings is 1. The highest BCUT2D eigenvalue weighted by Gasteiger charge is 2.11. The standard InChI is InChI=1S/C12H13ClN2S/c1-8-4-5-15-7-10(8)11(14)6-9-2-3-12(13)16-9/h2-5,7,11H,6,14H2,1H3. The van der Waals surface area contributed by atoms with E-state index in [-0.39, 0.29) is 6.04 Å². The molecule has 0 saturated heterocycles. The van der Waals surface area contributed by atoms with Crippen LogP contribution in [0, 0.1) is 6.92 Å². The van der Waals surface area contributed by atoms with E-state index in [4.69, 9.17) is 17.3 Å². The van der Waals surface area contributed by atoms with Crippen LogP contribution >= 0.6 is 22.9 Å². The normalized spacial score (nSPS) is 12.7. The van der Waals surface area contributed by atoms with Gasteiger partial charge in [0.2, 0.25) is 0 Å². The first-order valence-corrected chi connectivity index (χ1v) is 6.26. The van der Waals surface area contributed by atoms with Gasteiger partial charge in [-0.3, -0.25) is 4.98 Å². The summed E-state index contributed by atoms with van der Waals surface area (Å²) in [5.74, 6) is 0. The zero-order valence-corrected chi connectivity index (χ0v) is 10.6. The Kier molecular flexibility index (Phi) is 3.59. The molecule has 0 aliphatic rings. The maximum atomic E-state index is 6.16. The van der Waals surface area contributed by atoms with Crippen molar-refractivity contribution in [2.24, 2.45) is 5.73 Å². The highest BCUT2D eigenvalue weighted by atomic mass is 35.5. The van der Waals surface area contributed by atoms with Gasteiger partial charge in [0.1, 0.15) is 0 Å². The number of hydrogen-bond donors (Lipinski definition) is 1. The highest BCUT2D eigenvalue weighted by Crippen LogP contribution is 2.26. The maximum Gasteiger partial charge on any atom is 0.0931 e. The summed E-state index contributed by atoms with van der Waals surface area (Å²) in [4.78, 5) is 5.32. The van der Waals surface area contributed by atoms with E-state index in [0.717, 1.165) is 16.3 Å². The molecule has 2 aromatic heterocycles. The van der Waals surface area contributed by atoms with Crippen molar-refractivity contribution in [2.45, 2.75) is 19.4 Å². The summed E-state index contributed by atoms with van der Waals surface area (Å²) >= 11 is 7.47. The molecule has 2 N–H and O–H groups in total. The third-order valence-electron chi connectivity index (χ3n) is 2.53. The van der Waals surface area contributed by atoms with E-state index in [2.05, 4.69) is 11.9 Å². The monoisotopic (exact) mass is 252 g/mol. The molecule has 2 rings (SSSR count). The van der Waals surface area contributed by atoms with E-state index in [1.165, 1.54) is 10.4 Å². The minimum absolute atomic E-state index is 0.0107. The molecule has 84 valence electrons. The van der Waals surface area contributed by atoms with Gasteiger partial charge >= 0.3 is 0 Å². The Morgan fingerprint density at radius 3 is 2.88 bits per heavy atom. The van der Waals surface area contributed by atoms with Gasteiger partial charge in [-0.05, 0) is 36.2 Å². The van der Waals surface area contributed by atoms with Gasteiger partial charge in [-0.2, -0.15) is 0 Å². The van der Waals surface area contributed by atoms with Crippen LogP contribution in [-0.2, 0) is 6.42 Å². The molecule has 0 aromatic carbocycles. The second-order valence-corrected chi connectivity index (χ2v) is 5.55. The van der Waals surface area contributed by atoms with E-state index >= 15 is 0 Å². The zero-order valence-electron chi connectivity index (χ0n) is 8.98. The van der Waals surface area contributed by atoms with Crippen LogP contribution in [0.15, 0.2) is 30.6 Å². The molecular formula is C12H13ClN2S. The van der Waals surface area contributed by atoms with Gasteiger partial charge in [0.15, 0.2) is 0 Å². The minimum Gasteiger partial charge on any atom is -0.324 e. The van der Waals surface area contributed by atoms with Crippen molar-refractivity contribution < 1.29 is 0 Å². The lowest BCUT2D eigenvalue weighted by Gasteiger charge is -2.12. The average molecular weight is 253 g/mol. The largest absolute Gasteiger partial charge is 0.324 e. The predicted molar refractivity (Wildman–Crippen MR) is 68.9 cm³/mol. The van der Waals surface area contributed by atoms with Crippen molar-refractivity contribution in [3.8, 4) is 0 Å². The maximum absolute atomic E-state index is 6.16. The third-order valence-corrected chi connectivity index (χ3v) is 3.78. The number of pyridine rings is 1. The number of hydrogen-bond acceptors (Lipinski definition) is 3. The molecule has 1 atom stereocenters. The molecule has 2 aromatic rings. The quantitative estimate of drug-likeness (QED) is 0.910. The van der Waals surface area contributed by atoms with Gasteiger partial charge in [0.25, 0.3) is 0 Å². The zero-order chi connectivity index (χ0) is 11.5. The molecule has 0 amide bonds. The average Bonchev–Trinajstić information content (AvgIpc) is 2.64. The number of aryl methyl sites for hydroxylation is 1. The smallest absolute Gasteiger partial charge is 0.0931 e. The van der Waals surface area contributed by atoms with Crippen LogP contribution < -0.4 is 5.73 Å². The van der Waals surface area contributed by atoms with Gasteiger partial charge in [-0.1, -0.05) is 11.6 Å². The molecule has 0 bridgehead atoms. The van der Waals surface area contributed by atoms with Gasteiger partial charge < -0.3 is 5.73 Å². The number of halogens is 1. The number of aromatic nitrogens is 1. The van der Waals surface area contributed by atoms with Gasteiger partial charge in [-0.25, -0.2) is 0 Å². The van der Waals surface area contributed by atoms with Gasteiger partial charge in [-0.15, -0.1) is 11.3 Å². The Labute approximate surface area is 104 Å². The summed E-state index contributed by atoms with van der Waals surface area (Å²) in [7, 11) is 0. The second kappa shape index (κ2) is 4.95. The van der Waals surface area contributed by atoms with Crippen LogP contribution in [0.5, 0.6) is 0 Å². The molecule has 1 unspecified atom stereocenters. The fourth-order valence-corrected chi connectivity index (χ4v) is 2.80. The lowest BCUT2D eigenvalue weighted by atomic mass is 10.0. The fraction of sp³-hybridized carbons (Fsp3) is 0.250. The first-order valence-electron chi connectivity index (χ1n) is 5.07. The molecule has 0 aliphatic carbocycles. The van der Waals surface area contributed by atoms with Crippen molar-refractivity contribution in [1.29, 1.82) is 0 Å². The molecule has 0 spiro atoms. The van der Waals surface area contributed by atoms with Crippen molar-refractivity contribution in [3.05, 3.63) is 50.9 Å². The summed E-state index contributed by atoms with van der Waals surface area (Å²) in [5, 5.41) is 0. The first kappa shape index (κ1) is 11.6. The van der Waals surface area contributed by atoms with E-state index in [1.54, 1.807) is 17.5 Å². The highest BCUT2D eigenvalue weighted by molar-refractivity contribution is 7.16. The summed E-state index contributed by atoms with van der Waals surface area (Å²) in [6.45, 7) is 2.05. The Morgan fingerprint density at radius 1 is 1.44 bits per heavy atom. The molecule has 0 fully saturated rings. The van der Waals surface area contributed by atoms with Crippen LogP contribution in [-0.4, -0.2) is 4.98 Å². The van der Waals surface area contributed by atoms with Crippen LogP contribution in [0.25, 0.3) is 0 Å². The van der Waals surface area contributed by atoms with E-state index in [0.29, 0.717) is 0 Å². The van der Waals surface area contributed by atoms with Gasteiger partial charge in [0.05, 0.1) is 4.34 Å². The molecule has 16 heavy (non-hydrogen) atoms. The molecule has 0 radical (unpaired) electrons. The first-order chi connectivity index (χ1) is 7.66. The Balaban J connectivity index is 2.14. The fourth-order valence-electron chi connectivity index (χ4n) is 1.65. The summed E-state index contributed by atoms with van der Waals surface area (Å²) < 4.78 is 0.810. The third kappa shape index (κ3) is 2.61. The number of nitrogens with two attached hydrogens (primary N) is 1. The summed E-state index contributed by atoms with van der Waals surface area (Å²) in [6.07, 6.45) is 4.44. The lowest BCUT2D eigenvalue weighted by Crippen LogP contribution is -2.14. The molecule has 0 saturated carbocycles. The van der Waals surface area contributed by atoms with Crippen molar-refractivity contribution in [2.75, 3.05) is 0 Å². The Morgan fingerprint density at radius 2 is 2.25 bits per heavy atom. The lowest BCUT2D eigenvalue weighted by molar-refractivity contribution is 0.720. The molecule has 0 aliphatic heterocycles. The van der Waals surface area contributed by atoms with Crippen LogP contribution in [0.3, 0.4) is 0 Å². The van der Waals surface area contributed by atoms with Crippen molar-refractivity contribution in [1.82, 2.24) is 4.98 Å². The molecule has 4 heteroatoms. The second-order valence-electron chi connectivity index (χ2n) is 3.75. The van der Waals surface area contributed by atoms with E-state index in [9.17, 15) is 0 Å². The number of rotatable bonds is 3. The topological polar surface area (TPSA) is 38.9 Å². The van der Waals surface area contributed by atoms with Crippen molar-refractivity contribution in [3.63, 3.8) is 0 Å². The molecular weight excluding hydrogens is 240 g/mol. The van der Waals surface area contributed by atoms with Crippen LogP contribution in [0.1, 0.15) is 22.0 Å². The van der Waals surface area contributed by atoms with Crippen LogP contribution in [0.2, 0.25) is 4.34 Å². The van der Waals surface area contributed by atoms with Crippen molar-refractivity contribution >= 4 is 22.9 Å². The van der Waals surface area contributed by atoms with Gasteiger partial charge in [0, 0.05) is 29.7 Å². The summed E-state index contributed by atoms with van der Waals surface area (Å²) in [5.41, 5.74) is 8.45. The van der Waals surface area contributed by atoms with E-state index < -0.39 is 0 Å². The number of nitrogens with zero attached hydrogens (tertiary/aromatic N) is 1. The predicted octanol–water partition coefficient (Wildman–Crippen LogP) is 3.35. The molecule has 2 nitrogen and oxygen atoms in total. The van der Waals surface area contributed by atoms with Crippen LogP contribution in [0.4, 0.5) is 0 Å². The Hall–Kier alpha value is -0.900. The minimum atomic E-state index is -0.0107.